The molecule has 0 bridgehead atoms. The highest BCUT2D eigenvalue weighted by molar-refractivity contribution is 5.22. The molecule has 1 aromatic rings. The topological polar surface area (TPSA) is 68.3 Å². The Hall–Kier alpha value is -1.24. The quantitative estimate of drug-likeness (QED) is 0.817. The van der Waals surface area contributed by atoms with Gasteiger partial charge in [0.15, 0.2) is 0 Å². The number of hydrogen-bond donors (Lipinski definition) is 2. The summed E-state index contributed by atoms with van der Waals surface area (Å²) >= 11 is 0. The van der Waals surface area contributed by atoms with Gasteiger partial charge in [-0.25, -0.2) is 9.97 Å². The summed E-state index contributed by atoms with van der Waals surface area (Å²) < 4.78 is 11.6. The van der Waals surface area contributed by atoms with Gasteiger partial charge in [0.25, 0.3) is 0 Å². The van der Waals surface area contributed by atoms with Gasteiger partial charge in [0.1, 0.15) is 5.60 Å². The van der Waals surface area contributed by atoms with Crippen molar-refractivity contribution < 1.29 is 9.47 Å². The summed E-state index contributed by atoms with van der Waals surface area (Å²) in [5.74, 6) is 1.16. The van der Waals surface area contributed by atoms with Crippen molar-refractivity contribution in [2.75, 3.05) is 44.8 Å². The van der Waals surface area contributed by atoms with E-state index in [9.17, 15) is 0 Å². The molecule has 2 N–H and O–H groups in total. The van der Waals surface area contributed by atoms with E-state index >= 15 is 0 Å². The summed E-state index contributed by atoms with van der Waals surface area (Å²) in [6.45, 7) is 4.86. The van der Waals surface area contributed by atoms with Crippen molar-refractivity contribution in [1.82, 2.24) is 15.3 Å². The third-order valence-electron chi connectivity index (χ3n) is 3.64. The van der Waals surface area contributed by atoms with Crippen LogP contribution < -0.4 is 10.6 Å². The van der Waals surface area contributed by atoms with Crippen LogP contribution >= 0.6 is 0 Å². The van der Waals surface area contributed by atoms with Crippen molar-refractivity contribution in [1.29, 1.82) is 0 Å². The molecule has 104 valence electrons. The molecule has 0 aromatic carbocycles. The van der Waals surface area contributed by atoms with Crippen molar-refractivity contribution in [2.24, 2.45) is 5.92 Å². The fourth-order valence-corrected chi connectivity index (χ4v) is 2.69. The average Bonchev–Trinajstić information content (AvgIpc) is 2.70. The molecule has 2 aliphatic rings. The first kappa shape index (κ1) is 12.8. The maximum absolute atomic E-state index is 5.99. The van der Waals surface area contributed by atoms with Crippen molar-refractivity contribution in [3.63, 3.8) is 0 Å². The summed E-state index contributed by atoms with van der Waals surface area (Å²) in [5, 5.41) is 6.64. The molecule has 6 nitrogen and oxygen atoms in total. The second-order valence-corrected chi connectivity index (χ2v) is 5.25. The molecule has 1 spiro atoms. The summed E-state index contributed by atoms with van der Waals surface area (Å²) in [6.07, 6.45) is 4.50. The molecular formula is C13H20N4O2. The standard InChI is InChI=1S/C13H20N4O2/c1-2-15-12(16-3-1)17-7-11-6-13(19-8-11)9-14-4-5-18-10-13/h1-3,11,14H,4-10H2,(H,15,16,17). The lowest BCUT2D eigenvalue weighted by atomic mass is 9.95. The molecule has 1 aromatic heterocycles. The minimum atomic E-state index is -0.139. The van der Waals surface area contributed by atoms with E-state index in [4.69, 9.17) is 9.47 Å². The van der Waals surface area contributed by atoms with E-state index in [1.165, 1.54) is 0 Å². The Morgan fingerprint density at radius 3 is 3.21 bits per heavy atom. The van der Waals surface area contributed by atoms with E-state index in [1.54, 1.807) is 12.4 Å². The van der Waals surface area contributed by atoms with Crippen molar-refractivity contribution >= 4 is 5.95 Å². The second kappa shape index (κ2) is 5.81. The smallest absolute Gasteiger partial charge is 0.222 e. The number of nitrogens with one attached hydrogen (secondary N) is 2. The second-order valence-electron chi connectivity index (χ2n) is 5.25. The molecule has 2 atom stereocenters. The van der Waals surface area contributed by atoms with Gasteiger partial charge < -0.3 is 20.1 Å². The molecule has 0 saturated carbocycles. The van der Waals surface area contributed by atoms with Gasteiger partial charge in [0.2, 0.25) is 5.95 Å². The molecule has 0 amide bonds. The van der Waals surface area contributed by atoms with E-state index in [0.29, 0.717) is 18.5 Å². The van der Waals surface area contributed by atoms with Crippen LogP contribution in [0.5, 0.6) is 0 Å². The summed E-state index contributed by atoms with van der Waals surface area (Å²) in [5.41, 5.74) is -0.139. The minimum absolute atomic E-state index is 0.139. The third kappa shape index (κ3) is 3.20. The normalized spacial score (nSPS) is 31.3. The predicted octanol–water partition coefficient (Wildman–Crippen LogP) is 0.284. The highest BCUT2D eigenvalue weighted by Crippen LogP contribution is 2.30. The van der Waals surface area contributed by atoms with Gasteiger partial charge in [-0.05, 0) is 12.5 Å². The molecule has 2 aliphatic heterocycles. The fraction of sp³-hybridized carbons (Fsp3) is 0.692. The molecule has 19 heavy (non-hydrogen) atoms. The molecule has 3 rings (SSSR count). The van der Waals surface area contributed by atoms with Crippen LogP contribution in [0.15, 0.2) is 18.5 Å². The van der Waals surface area contributed by atoms with Gasteiger partial charge in [0, 0.05) is 37.9 Å². The zero-order chi connectivity index (χ0) is 13.0. The SMILES string of the molecule is c1cnc(NCC2COC3(CNCCOC3)C2)nc1. The minimum Gasteiger partial charge on any atom is -0.377 e. The van der Waals surface area contributed by atoms with Crippen LogP contribution in [0, 0.1) is 5.92 Å². The first-order chi connectivity index (χ1) is 9.36. The predicted molar refractivity (Wildman–Crippen MR) is 71.0 cm³/mol. The van der Waals surface area contributed by atoms with Crippen LogP contribution in [-0.4, -0.2) is 55.0 Å². The van der Waals surface area contributed by atoms with Gasteiger partial charge >= 0.3 is 0 Å². The zero-order valence-corrected chi connectivity index (χ0v) is 11.0. The van der Waals surface area contributed by atoms with Crippen LogP contribution in [0.3, 0.4) is 0 Å². The van der Waals surface area contributed by atoms with Crippen LogP contribution in [-0.2, 0) is 9.47 Å². The van der Waals surface area contributed by atoms with Crippen LogP contribution in [0.4, 0.5) is 5.95 Å². The molecule has 0 aliphatic carbocycles. The molecule has 6 heteroatoms. The zero-order valence-electron chi connectivity index (χ0n) is 11.0. The first-order valence-corrected chi connectivity index (χ1v) is 6.80. The van der Waals surface area contributed by atoms with Crippen LogP contribution in [0.25, 0.3) is 0 Å². The van der Waals surface area contributed by atoms with E-state index in [2.05, 4.69) is 20.6 Å². The van der Waals surface area contributed by atoms with Gasteiger partial charge in [0.05, 0.1) is 19.8 Å². The highest BCUT2D eigenvalue weighted by atomic mass is 16.5. The largest absolute Gasteiger partial charge is 0.377 e. The highest BCUT2D eigenvalue weighted by Gasteiger charge is 2.41. The maximum atomic E-state index is 5.99. The number of anilines is 1. The Bertz CT molecular complexity index is 393. The van der Waals surface area contributed by atoms with E-state index in [1.807, 2.05) is 6.07 Å². The Morgan fingerprint density at radius 2 is 2.32 bits per heavy atom. The molecule has 3 heterocycles. The molecule has 0 radical (unpaired) electrons. The van der Waals surface area contributed by atoms with Crippen LogP contribution in [0.2, 0.25) is 0 Å². The van der Waals surface area contributed by atoms with Gasteiger partial charge in [-0.3, -0.25) is 0 Å². The number of ether oxygens (including phenoxy) is 2. The number of nitrogens with zero attached hydrogens (tertiary/aromatic N) is 2. The van der Waals surface area contributed by atoms with Gasteiger partial charge in [-0.15, -0.1) is 0 Å². The van der Waals surface area contributed by atoms with Gasteiger partial charge in [-0.2, -0.15) is 0 Å². The molecular weight excluding hydrogens is 244 g/mol. The van der Waals surface area contributed by atoms with E-state index < -0.39 is 0 Å². The van der Waals surface area contributed by atoms with Crippen molar-refractivity contribution in [3.05, 3.63) is 18.5 Å². The van der Waals surface area contributed by atoms with Gasteiger partial charge in [-0.1, -0.05) is 0 Å². The monoisotopic (exact) mass is 264 g/mol. The Morgan fingerprint density at radius 1 is 1.42 bits per heavy atom. The third-order valence-corrected chi connectivity index (χ3v) is 3.64. The Kier molecular flexibility index (Phi) is 3.91. The van der Waals surface area contributed by atoms with Crippen molar-refractivity contribution in [2.45, 2.75) is 12.0 Å². The van der Waals surface area contributed by atoms with Crippen molar-refractivity contribution in [3.8, 4) is 0 Å². The number of rotatable bonds is 3. The molecule has 2 fully saturated rings. The lowest BCUT2D eigenvalue weighted by molar-refractivity contribution is -0.0471. The lowest BCUT2D eigenvalue weighted by Gasteiger charge is -2.25. The maximum Gasteiger partial charge on any atom is 0.222 e. The number of hydrogen-bond acceptors (Lipinski definition) is 6. The molecule has 2 saturated heterocycles. The fourth-order valence-electron chi connectivity index (χ4n) is 2.69. The van der Waals surface area contributed by atoms with Crippen LogP contribution in [0.1, 0.15) is 6.42 Å². The Balaban J connectivity index is 1.51. The number of aromatic nitrogens is 2. The summed E-state index contributed by atoms with van der Waals surface area (Å²) in [4.78, 5) is 8.32. The lowest BCUT2D eigenvalue weighted by Crippen LogP contribution is -2.42. The Labute approximate surface area is 112 Å². The average molecular weight is 264 g/mol. The first-order valence-electron chi connectivity index (χ1n) is 6.80. The van der Waals surface area contributed by atoms with E-state index in [0.717, 1.165) is 39.3 Å². The van der Waals surface area contributed by atoms with E-state index in [-0.39, 0.29) is 5.60 Å². The summed E-state index contributed by atoms with van der Waals surface area (Å²) in [7, 11) is 0. The summed E-state index contributed by atoms with van der Waals surface area (Å²) in [6, 6.07) is 1.81. The molecule has 2 unspecified atom stereocenters.